The van der Waals surface area contributed by atoms with Crippen LogP contribution in [0.15, 0.2) is 53.4 Å². The van der Waals surface area contributed by atoms with Crippen molar-refractivity contribution in [2.24, 2.45) is 0 Å². The first kappa shape index (κ1) is 25.2. The van der Waals surface area contributed by atoms with Crippen LogP contribution in [0.3, 0.4) is 0 Å². The van der Waals surface area contributed by atoms with Crippen molar-refractivity contribution < 1.29 is 37.0 Å². The van der Waals surface area contributed by atoms with Gasteiger partial charge >= 0.3 is 5.97 Å². The summed E-state index contributed by atoms with van der Waals surface area (Å²) in [6.07, 6.45) is 2.73. The average Bonchev–Trinajstić information content (AvgIpc) is 2.86. The highest BCUT2D eigenvalue weighted by molar-refractivity contribution is 7.89. The van der Waals surface area contributed by atoms with Crippen molar-refractivity contribution in [3.05, 3.63) is 54.1 Å². The zero-order chi connectivity index (χ0) is 24.6. The number of benzene rings is 2. The predicted octanol–water partition coefficient (Wildman–Crippen LogP) is 1.92. The summed E-state index contributed by atoms with van der Waals surface area (Å²) in [6.45, 7) is 0.507. The number of morpholine rings is 1. The zero-order valence-electron chi connectivity index (χ0n) is 18.9. The van der Waals surface area contributed by atoms with Crippen LogP contribution in [0.5, 0.6) is 11.5 Å². The number of amides is 1. The molecule has 0 bridgehead atoms. The van der Waals surface area contributed by atoms with Crippen LogP contribution >= 0.6 is 0 Å². The van der Waals surface area contributed by atoms with Crippen LogP contribution in [0.2, 0.25) is 0 Å². The van der Waals surface area contributed by atoms with Gasteiger partial charge in [0.15, 0.2) is 6.61 Å². The van der Waals surface area contributed by atoms with Crippen LogP contribution in [-0.4, -0.2) is 71.7 Å². The lowest BCUT2D eigenvalue weighted by atomic mass is 10.2. The van der Waals surface area contributed by atoms with Gasteiger partial charge in [-0.05, 0) is 42.0 Å². The molecule has 1 N–H and O–H groups in total. The Bertz CT molecular complexity index is 1160. The van der Waals surface area contributed by atoms with Gasteiger partial charge in [0.2, 0.25) is 10.0 Å². The molecule has 2 aromatic rings. The summed E-state index contributed by atoms with van der Waals surface area (Å²) in [5, 5.41) is 2.53. The molecule has 1 aliphatic heterocycles. The SMILES string of the molecule is COc1cccc(/C=C/C(=O)OCC(=O)Nc2ccc(OC)c(S(=O)(=O)N3CCOCC3)c2)c1. The highest BCUT2D eigenvalue weighted by Gasteiger charge is 2.29. The standard InChI is InChI=1S/C23H26N2O8S/c1-30-19-5-3-4-17(14-19)6-9-23(27)33-16-22(26)24-18-7-8-20(31-2)21(15-18)34(28,29)25-10-12-32-13-11-25/h3-9,14-15H,10-13,16H2,1-2H3,(H,24,26)/b9-6+. The summed E-state index contributed by atoms with van der Waals surface area (Å²) in [6, 6.07) is 11.3. The Kier molecular flexibility index (Phi) is 8.63. The first-order chi connectivity index (χ1) is 16.3. The molecule has 1 saturated heterocycles. The minimum Gasteiger partial charge on any atom is -0.497 e. The van der Waals surface area contributed by atoms with Crippen molar-refractivity contribution in [2.75, 3.05) is 52.4 Å². The molecular weight excluding hydrogens is 464 g/mol. The van der Waals surface area contributed by atoms with Crippen molar-refractivity contribution in [1.82, 2.24) is 4.31 Å². The van der Waals surface area contributed by atoms with E-state index in [4.69, 9.17) is 18.9 Å². The molecule has 1 aliphatic rings. The van der Waals surface area contributed by atoms with Gasteiger partial charge < -0.3 is 24.3 Å². The van der Waals surface area contributed by atoms with Crippen molar-refractivity contribution in [3.8, 4) is 11.5 Å². The molecule has 34 heavy (non-hydrogen) atoms. The number of esters is 1. The monoisotopic (exact) mass is 490 g/mol. The second-order valence-corrected chi connectivity index (χ2v) is 9.05. The second-order valence-electron chi connectivity index (χ2n) is 7.15. The first-order valence-corrected chi connectivity index (χ1v) is 11.8. The molecule has 0 saturated carbocycles. The van der Waals surface area contributed by atoms with Gasteiger partial charge in [0.1, 0.15) is 16.4 Å². The molecule has 0 atom stereocenters. The van der Waals surface area contributed by atoms with E-state index in [-0.39, 0.29) is 29.4 Å². The number of anilines is 1. The zero-order valence-corrected chi connectivity index (χ0v) is 19.7. The Morgan fingerprint density at radius 3 is 2.56 bits per heavy atom. The molecular formula is C23H26N2O8S. The van der Waals surface area contributed by atoms with Gasteiger partial charge in [0, 0.05) is 24.9 Å². The third kappa shape index (κ3) is 6.56. The molecule has 0 spiro atoms. The molecule has 1 fully saturated rings. The lowest BCUT2D eigenvalue weighted by Crippen LogP contribution is -2.40. The van der Waals surface area contributed by atoms with E-state index < -0.39 is 28.5 Å². The van der Waals surface area contributed by atoms with Crippen LogP contribution in [0, 0.1) is 0 Å². The maximum absolute atomic E-state index is 13.0. The number of ether oxygens (including phenoxy) is 4. The second kappa shape index (κ2) is 11.6. The Hall–Kier alpha value is -3.41. The minimum absolute atomic E-state index is 0.0760. The molecule has 1 heterocycles. The number of nitrogens with one attached hydrogen (secondary N) is 1. The van der Waals surface area contributed by atoms with E-state index in [0.29, 0.717) is 19.0 Å². The van der Waals surface area contributed by atoms with E-state index >= 15 is 0 Å². The van der Waals surface area contributed by atoms with Crippen LogP contribution in [0.1, 0.15) is 5.56 Å². The summed E-state index contributed by atoms with van der Waals surface area (Å²) < 4.78 is 47.9. The first-order valence-electron chi connectivity index (χ1n) is 10.4. The fourth-order valence-corrected chi connectivity index (χ4v) is 4.76. The topological polar surface area (TPSA) is 120 Å². The van der Waals surface area contributed by atoms with Gasteiger partial charge in [-0.25, -0.2) is 13.2 Å². The van der Waals surface area contributed by atoms with E-state index in [2.05, 4.69) is 5.32 Å². The van der Waals surface area contributed by atoms with Gasteiger partial charge in [-0.1, -0.05) is 12.1 Å². The smallest absolute Gasteiger partial charge is 0.331 e. The van der Waals surface area contributed by atoms with Crippen LogP contribution in [0.25, 0.3) is 6.08 Å². The largest absolute Gasteiger partial charge is 0.497 e. The molecule has 10 nitrogen and oxygen atoms in total. The molecule has 0 unspecified atom stereocenters. The quantitative estimate of drug-likeness (QED) is 0.418. The average molecular weight is 491 g/mol. The van der Waals surface area contributed by atoms with Crippen molar-refractivity contribution >= 4 is 33.7 Å². The fraction of sp³-hybridized carbons (Fsp3) is 0.304. The molecule has 2 aromatic carbocycles. The van der Waals surface area contributed by atoms with E-state index in [9.17, 15) is 18.0 Å². The molecule has 3 rings (SSSR count). The predicted molar refractivity (Wildman–Crippen MR) is 124 cm³/mol. The van der Waals surface area contributed by atoms with E-state index in [1.165, 1.54) is 41.8 Å². The van der Waals surface area contributed by atoms with Crippen molar-refractivity contribution in [3.63, 3.8) is 0 Å². The Balaban J connectivity index is 1.61. The van der Waals surface area contributed by atoms with E-state index in [0.717, 1.165) is 5.56 Å². The number of hydrogen-bond acceptors (Lipinski definition) is 8. The molecule has 0 aromatic heterocycles. The summed E-state index contributed by atoms with van der Waals surface area (Å²) in [4.78, 5) is 24.1. The number of sulfonamides is 1. The summed E-state index contributed by atoms with van der Waals surface area (Å²) in [5.41, 5.74) is 0.952. The van der Waals surface area contributed by atoms with Gasteiger partial charge in [0.25, 0.3) is 5.91 Å². The van der Waals surface area contributed by atoms with E-state index in [1.54, 1.807) is 31.4 Å². The van der Waals surface area contributed by atoms with E-state index in [1.807, 2.05) is 0 Å². The Labute approximate surface area is 198 Å². The Morgan fingerprint density at radius 2 is 1.85 bits per heavy atom. The number of hydrogen-bond donors (Lipinski definition) is 1. The summed E-state index contributed by atoms with van der Waals surface area (Å²) >= 11 is 0. The van der Waals surface area contributed by atoms with Crippen molar-refractivity contribution in [1.29, 1.82) is 0 Å². The van der Waals surface area contributed by atoms with Crippen molar-refractivity contribution in [2.45, 2.75) is 4.90 Å². The van der Waals surface area contributed by atoms with Gasteiger partial charge in [-0.2, -0.15) is 4.31 Å². The molecule has 11 heteroatoms. The lowest BCUT2D eigenvalue weighted by Gasteiger charge is -2.26. The number of carbonyl (C=O) groups excluding carboxylic acids is 2. The molecule has 0 aliphatic carbocycles. The highest BCUT2D eigenvalue weighted by Crippen LogP contribution is 2.30. The number of methoxy groups -OCH3 is 2. The molecule has 182 valence electrons. The third-order valence-electron chi connectivity index (χ3n) is 4.89. The molecule has 1 amide bonds. The maximum Gasteiger partial charge on any atom is 0.331 e. The lowest BCUT2D eigenvalue weighted by molar-refractivity contribution is -0.142. The number of rotatable bonds is 9. The van der Waals surface area contributed by atoms with Gasteiger partial charge in [-0.15, -0.1) is 0 Å². The van der Waals surface area contributed by atoms with Gasteiger partial charge in [0.05, 0.1) is 27.4 Å². The molecule has 0 radical (unpaired) electrons. The third-order valence-corrected chi connectivity index (χ3v) is 6.81. The summed E-state index contributed by atoms with van der Waals surface area (Å²) in [5.74, 6) is -0.533. The van der Waals surface area contributed by atoms with Crippen LogP contribution in [0.4, 0.5) is 5.69 Å². The maximum atomic E-state index is 13.0. The summed E-state index contributed by atoms with van der Waals surface area (Å²) in [7, 11) is -0.947. The number of carbonyl (C=O) groups is 2. The highest BCUT2D eigenvalue weighted by atomic mass is 32.2. The normalized spacial score (nSPS) is 14.5. The fourth-order valence-electron chi connectivity index (χ4n) is 3.17. The van der Waals surface area contributed by atoms with Gasteiger partial charge in [-0.3, -0.25) is 4.79 Å². The van der Waals surface area contributed by atoms with Crippen LogP contribution < -0.4 is 14.8 Å². The minimum atomic E-state index is -3.85. The number of nitrogens with zero attached hydrogens (tertiary/aromatic N) is 1. The van der Waals surface area contributed by atoms with Crippen LogP contribution in [-0.2, 0) is 29.1 Å². The Morgan fingerprint density at radius 1 is 1.09 bits per heavy atom.